The molecule has 0 saturated carbocycles. The third kappa shape index (κ3) is 5.58. The maximum atomic E-state index is 12.9. The number of carbonyl (C=O) groups is 2. The molecule has 1 saturated heterocycles. The van der Waals surface area contributed by atoms with Gasteiger partial charge >= 0.3 is 0 Å². The van der Waals surface area contributed by atoms with Crippen LogP contribution < -0.4 is 10.1 Å². The van der Waals surface area contributed by atoms with Crippen LogP contribution in [-0.2, 0) is 6.61 Å². The normalized spacial score (nSPS) is 15.7. The first-order chi connectivity index (χ1) is 16.0. The fourth-order valence-electron chi connectivity index (χ4n) is 4.07. The van der Waals surface area contributed by atoms with Crippen LogP contribution in [0.15, 0.2) is 67.0 Å². The predicted molar refractivity (Wildman–Crippen MR) is 128 cm³/mol. The second kappa shape index (κ2) is 10.3. The van der Waals surface area contributed by atoms with Crippen molar-refractivity contribution in [3.05, 3.63) is 89.2 Å². The number of carbonyl (C=O) groups excluding carboxylic acids is 2. The minimum absolute atomic E-state index is 0.0571. The van der Waals surface area contributed by atoms with Crippen molar-refractivity contribution in [2.24, 2.45) is 0 Å². The van der Waals surface area contributed by atoms with Crippen LogP contribution in [0, 0.1) is 6.92 Å². The number of hydrogen-bond acceptors (Lipinski definition) is 4. The molecule has 1 aliphatic heterocycles. The second-order valence-corrected chi connectivity index (χ2v) is 8.50. The molecule has 1 atom stereocenters. The average Bonchev–Trinajstić information content (AvgIpc) is 2.84. The zero-order chi connectivity index (χ0) is 23.2. The van der Waals surface area contributed by atoms with Crippen molar-refractivity contribution in [2.45, 2.75) is 45.8 Å². The number of nitrogens with one attached hydrogen (secondary N) is 1. The Bertz CT molecular complexity index is 1130. The summed E-state index contributed by atoms with van der Waals surface area (Å²) in [6.07, 6.45) is 6.73. The molecular formula is C27H29N3O3. The molecule has 6 nitrogen and oxygen atoms in total. The van der Waals surface area contributed by atoms with E-state index in [0.29, 0.717) is 29.2 Å². The molecule has 2 heterocycles. The van der Waals surface area contributed by atoms with Crippen LogP contribution in [0.5, 0.6) is 5.75 Å². The van der Waals surface area contributed by atoms with E-state index in [4.69, 9.17) is 4.74 Å². The number of anilines is 1. The van der Waals surface area contributed by atoms with Crippen LogP contribution in [-0.4, -0.2) is 34.3 Å². The SMILES string of the molecule is Cc1cc(C(=O)N2CCCCC2C)ccc1NC(=O)c1cccc(OCc2cccnc2)c1. The van der Waals surface area contributed by atoms with E-state index in [2.05, 4.69) is 17.2 Å². The molecule has 1 unspecified atom stereocenters. The van der Waals surface area contributed by atoms with Crippen molar-refractivity contribution in [3.8, 4) is 5.75 Å². The zero-order valence-electron chi connectivity index (χ0n) is 19.1. The maximum absolute atomic E-state index is 12.9. The number of benzene rings is 2. The van der Waals surface area contributed by atoms with Crippen LogP contribution in [0.25, 0.3) is 0 Å². The molecule has 33 heavy (non-hydrogen) atoms. The Labute approximate surface area is 194 Å². The first-order valence-corrected chi connectivity index (χ1v) is 11.4. The highest BCUT2D eigenvalue weighted by Gasteiger charge is 2.24. The Balaban J connectivity index is 1.41. The van der Waals surface area contributed by atoms with Gasteiger partial charge in [-0.25, -0.2) is 0 Å². The van der Waals surface area contributed by atoms with Gasteiger partial charge in [0.2, 0.25) is 0 Å². The lowest BCUT2D eigenvalue weighted by molar-refractivity contribution is 0.0635. The van der Waals surface area contributed by atoms with Crippen molar-refractivity contribution in [1.29, 1.82) is 0 Å². The lowest BCUT2D eigenvalue weighted by Gasteiger charge is -2.33. The first kappa shape index (κ1) is 22.5. The number of pyridine rings is 1. The number of nitrogens with zero attached hydrogens (tertiary/aromatic N) is 2. The van der Waals surface area contributed by atoms with Crippen LogP contribution >= 0.6 is 0 Å². The van der Waals surface area contributed by atoms with Gasteiger partial charge in [-0.2, -0.15) is 0 Å². The van der Waals surface area contributed by atoms with Crippen molar-refractivity contribution in [2.75, 3.05) is 11.9 Å². The number of ether oxygens (including phenoxy) is 1. The molecular weight excluding hydrogens is 414 g/mol. The summed E-state index contributed by atoms with van der Waals surface area (Å²) in [6, 6.07) is 16.6. The Kier molecular flexibility index (Phi) is 7.03. The quantitative estimate of drug-likeness (QED) is 0.566. The van der Waals surface area contributed by atoms with Gasteiger partial charge in [-0.3, -0.25) is 14.6 Å². The number of hydrogen-bond donors (Lipinski definition) is 1. The molecule has 0 bridgehead atoms. The summed E-state index contributed by atoms with van der Waals surface area (Å²) < 4.78 is 5.80. The van der Waals surface area contributed by atoms with Crippen LogP contribution in [0.2, 0.25) is 0 Å². The van der Waals surface area contributed by atoms with Gasteiger partial charge in [0.05, 0.1) is 0 Å². The predicted octanol–water partition coefficient (Wildman–Crippen LogP) is 5.24. The van der Waals surface area contributed by atoms with Crippen molar-refractivity contribution >= 4 is 17.5 Å². The monoisotopic (exact) mass is 443 g/mol. The minimum Gasteiger partial charge on any atom is -0.489 e. The number of amides is 2. The first-order valence-electron chi connectivity index (χ1n) is 11.4. The van der Waals surface area contributed by atoms with E-state index in [9.17, 15) is 9.59 Å². The molecule has 1 N–H and O–H groups in total. The van der Waals surface area contributed by atoms with Crippen molar-refractivity contribution in [1.82, 2.24) is 9.88 Å². The zero-order valence-corrected chi connectivity index (χ0v) is 19.1. The lowest BCUT2D eigenvalue weighted by Crippen LogP contribution is -2.42. The van der Waals surface area contributed by atoms with Gasteiger partial charge in [-0.1, -0.05) is 12.1 Å². The van der Waals surface area contributed by atoms with Gasteiger partial charge in [-0.15, -0.1) is 0 Å². The Hall–Kier alpha value is -3.67. The third-order valence-corrected chi connectivity index (χ3v) is 6.01. The fraction of sp³-hybridized carbons (Fsp3) is 0.296. The van der Waals surface area contributed by atoms with E-state index in [1.54, 1.807) is 42.7 Å². The highest BCUT2D eigenvalue weighted by Crippen LogP contribution is 2.23. The highest BCUT2D eigenvalue weighted by molar-refractivity contribution is 6.05. The molecule has 1 aliphatic rings. The second-order valence-electron chi connectivity index (χ2n) is 8.50. The molecule has 0 radical (unpaired) electrons. The summed E-state index contributed by atoms with van der Waals surface area (Å²) in [7, 11) is 0. The molecule has 170 valence electrons. The molecule has 1 aromatic heterocycles. The van der Waals surface area contributed by atoms with Crippen LogP contribution in [0.1, 0.15) is 58.0 Å². The van der Waals surface area contributed by atoms with E-state index in [-0.39, 0.29) is 17.9 Å². The van der Waals surface area contributed by atoms with Gasteiger partial charge in [0.25, 0.3) is 11.8 Å². The van der Waals surface area contributed by atoms with E-state index in [0.717, 1.165) is 30.5 Å². The topological polar surface area (TPSA) is 71.5 Å². The summed E-state index contributed by atoms with van der Waals surface area (Å²) in [5, 5.41) is 2.95. The van der Waals surface area contributed by atoms with Crippen molar-refractivity contribution < 1.29 is 14.3 Å². The largest absolute Gasteiger partial charge is 0.489 e. The summed E-state index contributed by atoms with van der Waals surface area (Å²) in [6.45, 7) is 5.19. The molecule has 1 fully saturated rings. The Morgan fingerprint density at radius 2 is 1.97 bits per heavy atom. The maximum Gasteiger partial charge on any atom is 0.255 e. The standard InChI is InChI=1S/C27H29N3O3/c1-19-15-23(27(32)30-14-4-3-7-20(30)2)11-12-25(19)29-26(31)22-9-5-10-24(16-22)33-18-21-8-6-13-28-17-21/h5-6,8-13,15-17,20H,3-4,7,14,18H2,1-2H3,(H,29,31). The molecule has 6 heteroatoms. The van der Waals surface area contributed by atoms with Gasteiger partial charge in [-0.05, 0) is 81.1 Å². The molecule has 2 aromatic carbocycles. The summed E-state index contributed by atoms with van der Waals surface area (Å²) >= 11 is 0. The Morgan fingerprint density at radius 1 is 1.09 bits per heavy atom. The van der Waals surface area contributed by atoms with Gasteiger partial charge in [0, 0.05) is 47.4 Å². The number of aryl methyl sites for hydroxylation is 1. The van der Waals surface area contributed by atoms with Gasteiger partial charge < -0.3 is 15.0 Å². The molecule has 3 aromatic rings. The van der Waals surface area contributed by atoms with E-state index in [1.165, 1.54) is 6.42 Å². The Morgan fingerprint density at radius 3 is 2.73 bits per heavy atom. The van der Waals surface area contributed by atoms with Crippen LogP contribution in [0.4, 0.5) is 5.69 Å². The third-order valence-electron chi connectivity index (χ3n) is 6.01. The molecule has 0 aliphatic carbocycles. The summed E-state index contributed by atoms with van der Waals surface area (Å²) in [5.74, 6) is 0.440. The highest BCUT2D eigenvalue weighted by atomic mass is 16.5. The molecule has 4 rings (SSSR count). The van der Waals surface area contributed by atoms with E-state index < -0.39 is 0 Å². The van der Waals surface area contributed by atoms with Gasteiger partial charge in [0.15, 0.2) is 0 Å². The number of rotatable bonds is 6. The summed E-state index contributed by atoms with van der Waals surface area (Å²) in [4.78, 5) is 31.8. The smallest absolute Gasteiger partial charge is 0.255 e. The van der Waals surface area contributed by atoms with Crippen molar-refractivity contribution in [3.63, 3.8) is 0 Å². The molecule has 2 amide bonds. The lowest BCUT2D eigenvalue weighted by atomic mass is 10.0. The fourth-order valence-corrected chi connectivity index (χ4v) is 4.07. The minimum atomic E-state index is -0.228. The van der Waals surface area contributed by atoms with Gasteiger partial charge in [0.1, 0.15) is 12.4 Å². The molecule has 0 spiro atoms. The number of aromatic nitrogens is 1. The average molecular weight is 444 g/mol. The van der Waals surface area contributed by atoms with E-state index in [1.807, 2.05) is 36.1 Å². The van der Waals surface area contributed by atoms with Crippen LogP contribution in [0.3, 0.4) is 0 Å². The number of piperidine rings is 1. The summed E-state index contributed by atoms with van der Waals surface area (Å²) in [5.41, 5.74) is 3.65. The number of likely N-dealkylation sites (tertiary alicyclic amines) is 1. The van der Waals surface area contributed by atoms with E-state index >= 15 is 0 Å².